The smallest absolute Gasteiger partial charge is 0.338 e. The molecule has 27 heavy (non-hydrogen) atoms. The summed E-state index contributed by atoms with van der Waals surface area (Å²) in [6, 6.07) is 13.1. The van der Waals surface area contributed by atoms with Gasteiger partial charge >= 0.3 is 5.97 Å². The highest BCUT2D eigenvalue weighted by Gasteiger charge is 2.28. The Morgan fingerprint density at radius 2 is 1.59 bits per heavy atom. The van der Waals surface area contributed by atoms with E-state index in [1.165, 1.54) is 21.3 Å². The number of nitrogens with two attached hydrogens (primary N) is 1. The molecule has 0 aliphatic heterocycles. The first-order valence-corrected chi connectivity index (χ1v) is 8.71. The van der Waals surface area contributed by atoms with E-state index in [4.69, 9.17) is 24.7 Å². The van der Waals surface area contributed by atoms with E-state index < -0.39 is 5.97 Å². The highest BCUT2D eigenvalue weighted by Crippen LogP contribution is 2.38. The second-order valence-corrected chi connectivity index (χ2v) is 6.46. The van der Waals surface area contributed by atoms with Gasteiger partial charge in [-0.2, -0.15) is 0 Å². The van der Waals surface area contributed by atoms with Crippen LogP contribution in [0.15, 0.2) is 42.5 Å². The molecule has 0 aromatic heterocycles. The van der Waals surface area contributed by atoms with Crippen LogP contribution in [0, 0.1) is 0 Å². The number of hydrogen-bond acceptors (Lipinski definition) is 6. The van der Waals surface area contributed by atoms with Crippen molar-refractivity contribution in [1.82, 2.24) is 0 Å². The maximum absolute atomic E-state index is 12.7. The van der Waals surface area contributed by atoms with Crippen LogP contribution >= 0.6 is 0 Å². The van der Waals surface area contributed by atoms with Gasteiger partial charge in [0, 0.05) is 5.41 Å². The molecule has 146 valence electrons. The first kappa shape index (κ1) is 20.6. The summed E-state index contributed by atoms with van der Waals surface area (Å²) in [5.74, 6) is 0.760. The van der Waals surface area contributed by atoms with Gasteiger partial charge in [0.15, 0.2) is 11.5 Å². The van der Waals surface area contributed by atoms with Gasteiger partial charge in [0.25, 0.3) is 0 Å². The maximum atomic E-state index is 12.7. The summed E-state index contributed by atoms with van der Waals surface area (Å²) in [5.41, 5.74) is 6.82. The molecular weight excluding hydrogens is 346 g/mol. The summed E-state index contributed by atoms with van der Waals surface area (Å²) < 4.78 is 21.5. The predicted molar refractivity (Wildman–Crippen MR) is 104 cm³/mol. The number of carbonyl (C=O) groups is 1. The van der Waals surface area contributed by atoms with Crippen molar-refractivity contribution in [1.29, 1.82) is 0 Å². The van der Waals surface area contributed by atoms with Crippen LogP contribution in [0.2, 0.25) is 0 Å². The Hall–Kier alpha value is -2.73. The van der Waals surface area contributed by atoms with Crippen molar-refractivity contribution in [2.24, 2.45) is 5.73 Å². The highest BCUT2D eigenvalue weighted by molar-refractivity contribution is 5.91. The Morgan fingerprint density at radius 1 is 1.00 bits per heavy atom. The van der Waals surface area contributed by atoms with Crippen LogP contribution in [0.4, 0.5) is 0 Å². The van der Waals surface area contributed by atoms with Crippen LogP contribution in [-0.4, -0.2) is 40.5 Å². The Morgan fingerprint density at radius 3 is 2.07 bits per heavy atom. The molecule has 1 atom stereocenters. The summed E-state index contributed by atoms with van der Waals surface area (Å²) in [5, 5.41) is 0. The van der Waals surface area contributed by atoms with E-state index in [0.29, 0.717) is 35.8 Å². The van der Waals surface area contributed by atoms with Gasteiger partial charge in [0.2, 0.25) is 5.75 Å². The molecule has 0 amide bonds. The summed E-state index contributed by atoms with van der Waals surface area (Å²) in [6.45, 7) is 2.74. The molecule has 6 nitrogen and oxygen atoms in total. The van der Waals surface area contributed by atoms with Crippen molar-refractivity contribution in [3.8, 4) is 17.2 Å². The van der Waals surface area contributed by atoms with E-state index >= 15 is 0 Å². The van der Waals surface area contributed by atoms with Crippen LogP contribution < -0.4 is 19.9 Å². The molecule has 0 aliphatic carbocycles. The first-order chi connectivity index (χ1) is 13.0. The number of benzene rings is 2. The quantitative estimate of drug-likeness (QED) is 0.680. The molecule has 6 heteroatoms. The molecule has 0 fully saturated rings. The number of rotatable bonds is 9. The molecule has 2 aromatic carbocycles. The molecule has 0 bridgehead atoms. The average Bonchev–Trinajstić information content (AvgIpc) is 2.71. The molecule has 0 saturated carbocycles. The molecular formula is C21H27NO5. The molecule has 2 aromatic rings. The third kappa shape index (κ3) is 4.71. The van der Waals surface area contributed by atoms with Gasteiger partial charge in [-0.1, -0.05) is 37.3 Å². The van der Waals surface area contributed by atoms with E-state index in [1.54, 1.807) is 12.1 Å². The van der Waals surface area contributed by atoms with Gasteiger partial charge in [0.05, 0.1) is 26.9 Å². The van der Waals surface area contributed by atoms with Gasteiger partial charge < -0.3 is 24.7 Å². The Kier molecular flexibility index (Phi) is 7.07. The lowest BCUT2D eigenvalue weighted by Gasteiger charge is -2.29. The molecule has 0 saturated heterocycles. The highest BCUT2D eigenvalue weighted by atomic mass is 16.5. The zero-order valence-electron chi connectivity index (χ0n) is 16.3. The fraction of sp³-hybridized carbons (Fsp3) is 0.381. The van der Waals surface area contributed by atoms with Crippen LogP contribution in [0.5, 0.6) is 17.2 Å². The lowest BCUT2D eigenvalue weighted by atomic mass is 9.80. The second kappa shape index (κ2) is 9.28. The van der Waals surface area contributed by atoms with Crippen molar-refractivity contribution in [3.05, 3.63) is 53.6 Å². The average molecular weight is 373 g/mol. The summed E-state index contributed by atoms with van der Waals surface area (Å²) >= 11 is 0. The first-order valence-electron chi connectivity index (χ1n) is 8.71. The van der Waals surface area contributed by atoms with Crippen molar-refractivity contribution in [2.45, 2.75) is 18.8 Å². The van der Waals surface area contributed by atoms with Crippen molar-refractivity contribution in [2.75, 3.05) is 34.5 Å². The zero-order chi connectivity index (χ0) is 19.9. The topological polar surface area (TPSA) is 80.0 Å². The van der Waals surface area contributed by atoms with E-state index in [1.807, 2.05) is 37.3 Å². The minimum atomic E-state index is -0.464. The van der Waals surface area contributed by atoms with E-state index in [9.17, 15) is 4.79 Å². The summed E-state index contributed by atoms with van der Waals surface area (Å²) in [4.78, 5) is 12.7. The van der Waals surface area contributed by atoms with Gasteiger partial charge in [-0.15, -0.1) is 0 Å². The number of carbonyl (C=O) groups excluding carboxylic acids is 1. The predicted octanol–water partition coefficient (Wildman–Crippen LogP) is 3.18. The number of esters is 1. The monoisotopic (exact) mass is 373 g/mol. The lowest BCUT2D eigenvalue weighted by molar-refractivity contribution is 0.0406. The maximum Gasteiger partial charge on any atom is 0.338 e. The normalized spacial score (nSPS) is 12.8. The van der Waals surface area contributed by atoms with Crippen molar-refractivity contribution < 1.29 is 23.7 Å². The number of hydrogen-bond donors (Lipinski definition) is 1. The summed E-state index contributed by atoms with van der Waals surface area (Å²) in [6.07, 6.45) is 0.694. The summed E-state index contributed by atoms with van der Waals surface area (Å²) in [7, 11) is 4.51. The van der Waals surface area contributed by atoms with Crippen LogP contribution in [0.1, 0.15) is 29.3 Å². The van der Waals surface area contributed by atoms with E-state index in [2.05, 4.69) is 0 Å². The molecule has 0 radical (unpaired) electrons. The Labute approximate surface area is 160 Å². The fourth-order valence-corrected chi connectivity index (χ4v) is 2.97. The van der Waals surface area contributed by atoms with Crippen LogP contribution in [0.25, 0.3) is 0 Å². The van der Waals surface area contributed by atoms with Gasteiger partial charge in [-0.3, -0.25) is 0 Å². The lowest BCUT2D eigenvalue weighted by Crippen LogP contribution is -2.32. The fourth-order valence-electron chi connectivity index (χ4n) is 2.97. The van der Waals surface area contributed by atoms with Crippen molar-refractivity contribution in [3.63, 3.8) is 0 Å². The molecule has 0 unspecified atom stereocenters. The molecule has 0 spiro atoms. The number of ether oxygens (including phenoxy) is 4. The Balaban J connectivity index is 2.23. The molecule has 2 rings (SSSR count). The molecule has 2 N–H and O–H groups in total. The standard InChI is InChI=1S/C21H27NO5/c1-21(10-11-22,16-8-6-5-7-9-16)14-27-20(23)15-12-17(24-2)19(26-4)18(13-15)25-3/h5-9,12-13H,10-11,14,22H2,1-4H3/t21-/m1/s1. The van der Waals surface area contributed by atoms with Gasteiger partial charge in [0.1, 0.15) is 6.61 Å². The Bertz CT molecular complexity index is 737. The zero-order valence-corrected chi connectivity index (χ0v) is 16.3. The van der Waals surface area contributed by atoms with Crippen LogP contribution in [-0.2, 0) is 10.2 Å². The van der Waals surface area contributed by atoms with E-state index in [0.717, 1.165) is 5.56 Å². The molecule has 0 aliphatic rings. The van der Waals surface area contributed by atoms with Crippen LogP contribution in [0.3, 0.4) is 0 Å². The van der Waals surface area contributed by atoms with Gasteiger partial charge in [-0.25, -0.2) is 4.79 Å². The third-order valence-electron chi connectivity index (χ3n) is 4.59. The SMILES string of the molecule is COc1cc(C(=O)OC[C@@](C)(CCN)c2ccccc2)cc(OC)c1OC. The third-order valence-corrected chi connectivity index (χ3v) is 4.59. The molecule has 0 heterocycles. The number of methoxy groups -OCH3 is 3. The minimum Gasteiger partial charge on any atom is -0.493 e. The van der Waals surface area contributed by atoms with Gasteiger partial charge in [-0.05, 0) is 30.7 Å². The second-order valence-electron chi connectivity index (χ2n) is 6.46. The minimum absolute atomic E-state index is 0.212. The van der Waals surface area contributed by atoms with E-state index in [-0.39, 0.29) is 12.0 Å². The van der Waals surface area contributed by atoms with Crippen molar-refractivity contribution >= 4 is 5.97 Å². The largest absolute Gasteiger partial charge is 0.493 e.